The fourth-order valence-corrected chi connectivity index (χ4v) is 4.04. The predicted octanol–water partition coefficient (Wildman–Crippen LogP) is 5.38. The first-order valence-electron chi connectivity index (χ1n) is 4.50. The Morgan fingerprint density at radius 3 is 2.43 bits per heavy atom. The molecule has 1 aromatic rings. The minimum absolute atomic E-state index is 0.0150. The molecule has 1 aromatic heterocycles. The summed E-state index contributed by atoms with van der Waals surface area (Å²) in [7, 11) is 0. The van der Waals surface area contributed by atoms with Gasteiger partial charge in [-0.2, -0.15) is 0 Å². The van der Waals surface area contributed by atoms with E-state index in [2.05, 4.69) is 13.8 Å². The number of thiophene rings is 1. The Kier molecular flexibility index (Phi) is 2.81. The third-order valence-corrected chi connectivity index (χ3v) is 4.98. The summed E-state index contributed by atoms with van der Waals surface area (Å²) in [4.78, 5) is 0. The van der Waals surface area contributed by atoms with Crippen LogP contribution in [0.15, 0.2) is 6.07 Å². The lowest BCUT2D eigenvalue weighted by Crippen LogP contribution is -1.98. The van der Waals surface area contributed by atoms with Crippen LogP contribution in [0.3, 0.4) is 0 Å². The minimum atomic E-state index is 0.0150. The highest BCUT2D eigenvalue weighted by molar-refractivity contribution is 7.20. The molecule has 1 aliphatic carbocycles. The highest BCUT2D eigenvalue weighted by atomic mass is 35.5. The van der Waals surface area contributed by atoms with Crippen molar-refractivity contribution in [1.29, 1.82) is 0 Å². The van der Waals surface area contributed by atoms with Gasteiger partial charge in [0.2, 0.25) is 0 Å². The molecule has 2 unspecified atom stereocenters. The Bertz CT molecular complexity index is 356. The van der Waals surface area contributed by atoms with Crippen molar-refractivity contribution in [2.75, 3.05) is 0 Å². The molecule has 0 aromatic carbocycles. The Morgan fingerprint density at radius 2 is 2.07 bits per heavy atom. The van der Waals surface area contributed by atoms with Crippen molar-refractivity contribution in [2.45, 2.75) is 25.6 Å². The monoisotopic (exact) mass is 268 g/mol. The van der Waals surface area contributed by atoms with E-state index in [1.807, 2.05) is 6.07 Å². The van der Waals surface area contributed by atoms with Crippen LogP contribution >= 0.6 is 46.1 Å². The van der Waals surface area contributed by atoms with Crippen molar-refractivity contribution in [1.82, 2.24) is 0 Å². The van der Waals surface area contributed by atoms with E-state index in [9.17, 15) is 0 Å². The van der Waals surface area contributed by atoms with E-state index in [-0.39, 0.29) is 5.38 Å². The summed E-state index contributed by atoms with van der Waals surface area (Å²) in [6.45, 7) is 4.46. The van der Waals surface area contributed by atoms with Crippen molar-refractivity contribution in [3.05, 3.63) is 20.3 Å². The summed E-state index contributed by atoms with van der Waals surface area (Å²) in [5.74, 6) is 0.535. The van der Waals surface area contributed by atoms with Crippen molar-refractivity contribution in [3.8, 4) is 0 Å². The van der Waals surface area contributed by atoms with Crippen molar-refractivity contribution in [2.24, 2.45) is 11.3 Å². The molecule has 0 saturated heterocycles. The van der Waals surface area contributed by atoms with Gasteiger partial charge in [-0.05, 0) is 23.8 Å². The summed E-state index contributed by atoms with van der Waals surface area (Å²) in [5.41, 5.74) is 1.36. The van der Waals surface area contributed by atoms with E-state index < -0.39 is 0 Å². The molecule has 0 bridgehead atoms. The van der Waals surface area contributed by atoms with Gasteiger partial charge < -0.3 is 0 Å². The van der Waals surface area contributed by atoms with Gasteiger partial charge in [0.1, 0.15) is 0 Å². The van der Waals surface area contributed by atoms with Gasteiger partial charge in [-0.3, -0.25) is 0 Å². The fraction of sp³-hybridized carbons (Fsp3) is 0.600. The molecule has 0 nitrogen and oxygen atoms in total. The van der Waals surface area contributed by atoms with Crippen LogP contribution in [0, 0.1) is 11.3 Å². The maximum atomic E-state index is 6.37. The van der Waals surface area contributed by atoms with Crippen LogP contribution in [0.5, 0.6) is 0 Å². The molecule has 0 N–H and O–H groups in total. The molecular weight excluding hydrogens is 259 g/mol. The SMILES string of the molecule is CC1(C)CC1C(Cl)c1cc(Cl)sc1Cl. The molecule has 0 radical (unpaired) electrons. The second-order valence-electron chi connectivity index (χ2n) is 4.48. The normalized spacial score (nSPS) is 26.2. The average molecular weight is 270 g/mol. The standard InChI is InChI=1S/C10H11Cl3S/c1-10(2)4-6(10)8(12)5-3-7(11)14-9(5)13/h3,6,8H,4H2,1-2H3. The van der Waals surface area contributed by atoms with Crippen LogP contribution in [-0.4, -0.2) is 0 Å². The molecule has 2 atom stereocenters. The van der Waals surface area contributed by atoms with Gasteiger partial charge in [0.15, 0.2) is 0 Å². The summed E-state index contributed by atoms with van der Waals surface area (Å²) in [6.07, 6.45) is 1.17. The molecule has 1 aliphatic rings. The Balaban J connectivity index is 2.20. The van der Waals surface area contributed by atoms with Gasteiger partial charge in [0, 0.05) is 5.56 Å². The zero-order chi connectivity index (χ0) is 10.5. The molecular formula is C10H11Cl3S. The molecule has 0 amide bonds. The van der Waals surface area contributed by atoms with Gasteiger partial charge >= 0.3 is 0 Å². The van der Waals surface area contributed by atoms with E-state index in [0.29, 0.717) is 15.7 Å². The first-order chi connectivity index (χ1) is 6.42. The zero-order valence-corrected chi connectivity index (χ0v) is 11.1. The van der Waals surface area contributed by atoms with E-state index in [1.165, 1.54) is 17.8 Å². The van der Waals surface area contributed by atoms with Crippen LogP contribution in [0.25, 0.3) is 0 Å². The van der Waals surface area contributed by atoms with Crippen LogP contribution < -0.4 is 0 Å². The Morgan fingerprint density at radius 1 is 1.50 bits per heavy atom. The van der Waals surface area contributed by atoms with E-state index in [1.54, 1.807) is 0 Å². The lowest BCUT2D eigenvalue weighted by atomic mass is 10.0. The minimum Gasteiger partial charge on any atom is -0.117 e. The lowest BCUT2D eigenvalue weighted by Gasteiger charge is -2.09. The van der Waals surface area contributed by atoms with Crippen LogP contribution in [0.1, 0.15) is 31.2 Å². The molecule has 4 heteroatoms. The third-order valence-electron chi connectivity index (χ3n) is 2.92. The maximum Gasteiger partial charge on any atom is 0.0991 e. The zero-order valence-electron chi connectivity index (χ0n) is 7.98. The largest absolute Gasteiger partial charge is 0.117 e. The fourth-order valence-electron chi connectivity index (χ4n) is 1.77. The van der Waals surface area contributed by atoms with Crippen molar-refractivity contribution >= 4 is 46.1 Å². The average Bonchev–Trinajstić information content (AvgIpc) is 2.55. The Labute approximate surface area is 103 Å². The number of alkyl halides is 1. The highest BCUT2D eigenvalue weighted by Crippen LogP contribution is 2.61. The topological polar surface area (TPSA) is 0 Å². The summed E-state index contributed by atoms with van der Waals surface area (Å²) in [6, 6.07) is 1.89. The molecule has 1 fully saturated rings. The maximum absolute atomic E-state index is 6.37. The number of halogens is 3. The summed E-state index contributed by atoms with van der Waals surface area (Å²) in [5, 5.41) is 0.0150. The lowest BCUT2D eigenvalue weighted by molar-refractivity contribution is 0.549. The Hall–Kier alpha value is 0.570. The van der Waals surface area contributed by atoms with Crippen LogP contribution in [0.4, 0.5) is 0 Å². The number of hydrogen-bond acceptors (Lipinski definition) is 1. The van der Waals surface area contributed by atoms with Crippen molar-refractivity contribution < 1.29 is 0 Å². The molecule has 0 spiro atoms. The first kappa shape index (κ1) is 11.1. The molecule has 78 valence electrons. The summed E-state index contributed by atoms with van der Waals surface area (Å²) >= 11 is 19.7. The number of hydrogen-bond donors (Lipinski definition) is 0. The molecule has 14 heavy (non-hydrogen) atoms. The van der Waals surface area contributed by atoms with E-state index in [0.717, 1.165) is 9.90 Å². The second kappa shape index (κ2) is 3.55. The van der Waals surface area contributed by atoms with Gasteiger partial charge in [-0.1, -0.05) is 37.0 Å². The van der Waals surface area contributed by atoms with Crippen molar-refractivity contribution in [3.63, 3.8) is 0 Å². The molecule has 2 rings (SSSR count). The van der Waals surface area contributed by atoms with Gasteiger partial charge in [0.25, 0.3) is 0 Å². The first-order valence-corrected chi connectivity index (χ1v) is 6.51. The quantitative estimate of drug-likeness (QED) is 0.632. The smallest absolute Gasteiger partial charge is 0.0991 e. The van der Waals surface area contributed by atoms with Gasteiger partial charge in [-0.15, -0.1) is 22.9 Å². The van der Waals surface area contributed by atoms with E-state index in [4.69, 9.17) is 34.8 Å². The second-order valence-corrected chi connectivity index (χ2v) is 7.24. The van der Waals surface area contributed by atoms with E-state index >= 15 is 0 Å². The number of rotatable bonds is 2. The third kappa shape index (κ3) is 1.92. The molecule has 0 aliphatic heterocycles. The molecule has 1 heterocycles. The molecule has 1 saturated carbocycles. The van der Waals surface area contributed by atoms with Gasteiger partial charge in [-0.25, -0.2) is 0 Å². The highest BCUT2D eigenvalue weighted by Gasteiger charge is 2.50. The van der Waals surface area contributed by atoms with Crippen LogP contribution in [-0.2, 0) is 0 Å². The predicted molar refractivity (Wildman–Crippen MR) is 64.8 cm³/mol. The van der Waals surface area contributed by atoms with Gasteiger partial charge in [0.05, 0.1) is 14.0 Å². The van der Waals surface area contributed by atoms with Crippen LogP contribution in [0.2, 0.25) is 8.67 Å². The summed E-state index contributed by atoms with van der Waals surface area (Å²) < 4.78 is 1.45.